The summed E-state index contributed by atoms with van der Waals surface area (Å²) >= 11 is 0. The van der Waals surface area contributed by atoms with Crippen LogP contribution >= 0.6 is 7.82 Å². The third kappa shape index (κ3) is 5.66. The van der Waals surface area contributed by atoms with E-state index in [-0.39, 0.29) is 59.1 Å². The fraction of sp³-hybridized carbons (Fsp3) is 1.00. The maximum absolute atomic E-state index is 13.1. The van der Waals surface area contributed by atoms with Crippen molar-refractivity contribution in [2.75, 3.05) is 0 Å². The molecule has 0 aliphatic carbocycles. The second kappa shape index (κ2) is 9.76. The van der Waals surface area contributed by atoms with Crippen molar-refractivity contribution in [3.8, 4) is 0 Å². The van der Waals surface area contributed by atoms with Crippen molar-refractivity contribution in [1.29, 1.82) is 0 Å². The third-order valence-corrected chi connectivity index (χ3v) is 3.37. The molecule has 0 aliphatic heterocycles. The van der Waals surface area contributed by atoms with Gasteiger partial charge in [-0.1, -0.05) is 0 Å². The molecule has 0 N–H and O–H groups in total. The number of hydrogen-bond donors (Lipinski definition) is 0. The Bertz CT molecular complexity index is 701. The van der Waals surface area contributed by atoms with Crippen LogP contribution in [0, 0.1) is 0 Å². The van der Waals surface area contributed by atoms with Gasteiger partial charge in [-0.05, 0) is 0 Å². The summed E-state index contributed by atoms with van der Waals surface area (Å²) in [6.45, 7) is 0. The number of halogens is 17. The van der Waals surface area contributed by atoms with Gasteiger partial charge in [0.1, 0.15) is 0 Å². The zero-order chi connectivity index (χ0) is 25.2. The van der Waals surface area contributed by atoms with Crippen molar-refractivity contribution >= 4 is 7.82 Å². The van der Waals surface area contributed by atoms with Gasteiger partial charge in [0, 0.05) is 0 Å². The summed E-state index contributed by atoms with van der Waals surface area (Å²) in [5.41, 5.74) is 0. The topological polar surface area (TPSA) is 72.4 Å². The summed E-state index contributed by atoms with van der Waals surface area (Å²) in [5.74, 6) is -51.9. The molecule has 0 amide bonds. The predicted octanol–water partition coefficient (Wildman–Crippen LogP) is -2.19. The molecule has 182 valence electrons. The maximum Gasteiger partial charge on any atom is 1.00 e. The molecule has 0 rings (SSSR count). The van der Waals surface area contributed by atoms with Crippen LogP contribution in [-0.4, -0.2) is 47.8 Å². The average Bonchev–Trinajstić information content (AvgIpc) is 2.41. The smallest absolute Gasteiger partial charge is 0.790 e. The van der Waals surface area contributed by atoms with Gasteiger partial charge in [-0.2, -0.15) is 74.6 Å². The van der Waals surface area contributed by atoms with Gasteiger partial charge in [-0.15, -0.1) is 0 Å². The van der Waals surface area contributed by atoms with E-state index < -0.39 is 55.6 Å². The van der Waals surface area contributed by atoms with Gasteiger partial charge in [0.25, 0.3) is 0 Å². The number of alkyl halides is 17. The van der Waals surface area contributed by atoms with Gasteiger partial charge in [0.2, 0.25) is 0 Å². The molecule has 0 saturated heterocycles. The second-order valence-corrected chi connectivity index (χ2v) is 6.08. The van der Waals surface area contributed by atoms with Gasteiger partial charge >= 0.3 is 107 Å². The number of phosphoric ester groups is 1. The van der Waals surface area contributed by atoms with E-state index in [1.807, 2.05) is 0 Å². The molecule has 4 nitrogen and oxygen atoms in total. The SMILES string of the molecule is O=P([O-])([O-])OC(F)(F)C(F)(F)C(F)(F)C(F)(F)C(F)(F)C(F)(F)C(F)(F)C(F)(F)F.[Na+].[Na+]. The van der Waals surface area contributed by atoms with Crippen LogP contribution in [0.1, 0.15) is 0 Å². The van der Waals surface area contributed by atoms with Crippen LogP contribution in [0.2, 0.25) is 0 Å². The molecule has 0 spiro atoms. The largest absolute Gasteiger partial charge is 1.00 e. The second-order valence-electron chi connectivity index (χ2n) is 5.00. The predicted molar refractivity (Wildman–Crippen MR) is 49.4 cm³/mol. The van der Waals surface area contributed by atoms with Crippen molar-refractivity contribution in [1.82, 2.24) is 0 Å². The summed E-state index contributed by atoms with van der Waals surface area (Å²) in [6.07, 6.45) is -15.6. The van der Waals surface area contributed by atoms with Crippen LogP contribution in [0.25, 0.3) is 0 Å². The van der Waals surface area contributed by atoms with Crippen molar-refractivity contribution in [3.63, 3.8) is 0 Å². The van der Waals surface area contributed by atoms with Crippen molar-refractivity contribution in [3.05, 3.63) is 0 Å². The van der Waals surface area contributed by atoms with Gasteiger partial charge in [-0.25, -0.2) is 0 Å². The standard InChI is InChI=1S/C8H2F17O4P.2Na/c9-1(10,3(13,14)5(17,18)7(21,22)23)2(11,12)4(15,16)6(19,20)8(24,25)29-30(26,27)28;;/h(H2,26,27,28);;/q;2*+1/p-2. The van der Waals surface area contributed by atoms with Crippen molar-refractivity contribution in [2.24, 2.45) is 0 Å². The third-order valence-electron chi connectivity index (χ3n) is 2.92. The van der Waals surface area contributed by atoms with E-state index in [9.17, 15) is 89.0 Å². The minimum Gasteiger partial charge on any atom is -0.790 e. The van der Waals surface area contributed by atoms with Crippen LogP contribution in [0.4, 0.5) is 74.6 Å². The first-order valence-electron chi connectivity index (χ1n) is 5.90. The fourth-order valence-electron chi connectivity index (χ4n) is 1.35. The van der Waals surface area contributed by atoms with E-state index in [4.69, 9.17) is 0 Å². The fourth-order valence-corrected chi connectivity index (χ4v) is 1.74. The summed E-state index contributed by atoms with van der Waals surface area (Å²) in [5, 5.41) is 0. The van der Waals surface area contributed by atoms with Gasteiger partial charge in [-0.3, -0.25) is 4.52 Å². The molecule has 32 heavy (non-hydrogen) atoms. The first-order valence-corrected chi connectivity index (χ1v) is 7.36. The van der Waals surface area contributed by atoms with Crippen molar-refractivity contribution in [2.45, 2.75) is 47.8 Å². The Morgan fingerprint density at radius 1 is 0.469 bits per heavy atom. The minimum atomic E-state index is -8.88. The van der Waals surface area contributed by atoms with E-state index in [1.54, 1.807) is 0 Å². The molecule has 0 fully saturated rings. The van der Waals surface area contributed by atoms with E-state index in [1.165, 1.54) is 4.52 Å². The molecule has 0 atom stereocenters. The average molecular weight is 560 g/mol. The first kappa shape index (κ1) is 37.5. The minimum absolute atomic E-state index is 0. The van der Waals surface area contributed by atoms with Gasteiger partial charge in [0.15, 0.2) is 0 Å². The first-order chi connectivity index (χ1) is 12.5. The number of phosphoric acid groups is 1. The monoisotopic (exact) mass is 560 g/mol. The zero-order valence-corrected chi connectivity index (χ0v) is 19.4. The summed E-state index contributed by atoms with van der Waals surface area (Å²) < 4.78 is 227. The summed E-state index contributed by atoms with van der Waals surface area (Å²) in [7, 11) is -7.54. The molecule has 0 saturated carbocycles. The van der Waals surface area contributed by atoms with E-state index in [0.717, 1.165) is 0 Å². The quantitative estimate of drug-likeness (QED) is 0.192. The normalized spacial score (nSPS) is 15.7. The molecule has 24 heteroatoms. The molecular weight excluding hydrogens is 560 g/mol. The van der Waals surface area contributed by atoms with Crippen LogP contribution < -0.4 is 68.9 Å². The molecular formula is C8F17Na2O4P. The Balaban J connectivity index is -0.00000420. The Labute approximate surface area is 207 Å². The van der Waals surface area contributed by atoms with Gasteiger partial charge < -0.3 is 14.4 Å². The number of rotatable bonds is 8. The van der Waals surface area contributed by atoms with Gasteiger partial charge in [0.05, 0.1) is 7.82 Å². The summed E-state index contributed by atoms with van der Waals surface area (Å²) in [6, 6.07) is 0. The molecule has 0 aliphatic rings. The van der Waals surface area contributed by atoms with Crippen LogP contribution in [-0.2, 0) is 9.09 Å². The molecule has 0 aromatic rings. The Morgan fingerprint density at radius 2 is 0.688 bits per heavy atom. The van der Waals surface area contributed by atoms with E-state index in [2.05, 4.69) is 0 Å². The molecule has 0 aromatic heterocycles. The molecule has 0 unspecified atom stereocenters. The van der Waals surface area contributed by atoms with Crippen LogP contribution in [0.5, 0.6) is 0 Å². The van der Waals surface area contributed by atoms with E-state index >= 15 is 0 Å². The molecule has 0 radical (unpaired) electrons. The van der Waals surface area contributed by atoms with Crippen molar-refractivity contribution < 1.29 is 153 Å². The van der Waals surface area contributed by atoms with Crippen LogP contribution in [0.15, 0.2) is 0 Å². The Morgan fingerprint density at radius 3 is 0.906 bits per heavy atom. The zero-order valence-electron chi connectivity index (χ0n) is 14.5. The maximum atomic E-state index is 13.1. The van der Waals surface area contributed by atoms with E-state index in [0.29, 0.717) is 0 Å². The molecule has 0 bridgehead atoms. The summed E-state index contributed by atoms with van der Waals surface area (Å²) in [4.78, 5) is 19.6. The Hall–Kier alpha value is 0.920. The molecule has 0 aromatic carbocycles. The number of hydrogen-bond acceptors (Lipinski definition) is 4. The van der Waals surface area contributed by atoms with Crippen LogP contribution in [0.3, 0.4) is 0 Å². The molecule has 0 heterocycles. The Kier molecular flexibility index (Phi) is 11.4.